The van der Waals surface area contributed by atoms with E-state index in [1.165, 1.54) is 23.7 Å². The van der Waals surface area contributed by atoms with E-state index in [9.17, 15) is 15.3 Å². The van der Waals surface area contributed by atoms with Gasteiger partial charge in [-0.2, -0.15) is 0 Å². The zero-order valence-electron chi connectivity index (χ0n) is 17.6. The van der Waals surface area contributed by atoms with Gasteiger partial charge in [-0.05, 0) is 30.1 Å². The van der Waals surface area contributed by atoms with Crippen molar-refractivity contribution in [1.82, 2.24) is 9.95 Å². The molecule has 0 aliphatic carbocycles. The van der Waals surface area contributed by atoms with Gasteiger partial charge in [-0.3, -0.25) is 5.43 Å². The number of benzene rings is 3. The average Bonchev–Trinajstić information content (AvgIpc) is 2.82. The molecule has 4 rings (SSSR count). The van der Waals surface area contributed by atoms with Gasteiger partial charge >= 0.3 is 0 Å². The molecule has 9 heteroatoms. The number of phenolic OH excluding ortho intramolecular Hbond substituents is 3. The van der Waals surface area contributed by atoms with Gasteiger partial charge in [0.05, 0.1) is 5.03 Å². The fraction of sp³-hybridized carbons (Fsp3) is 0.125. The Labute approximate surface area is 205 Å². The van der Waals surface area contributed by atoms with Crippen LogP contribution in [0.2, 0.25) is 0 Å². The van der Waals surface area contributed by atoms with Gasteiger partial charge in [0.25, 0.3) is 0 Å². The molecule has 1 aliphatic heterocycles. The molecule has 0 saturated heterocycles. The molecule has 0 radical (unpaired) electrons. The van der Waals surface area contributed by atoms with E-state index in [0.717, 1.165) is 26.8 Å². The number of rotatable bonds is 8. The maximum atomic E-state index is 10.1. The Morgan fingerprint density at radius 2 is 1.15 bits per heavy atom. The largest absolute Gasteiger partial charge is 0.508 e. The monoisotopic (exact) mass is 497 g/mol. The van der Waals surface area contributed by atoms with Crippen molar-refractivity contribution < 1.29 is 15.3 Å². The van der Waals surface area contributed by atoms with Crippen molar-refractivity contribution in [3.63, 3.8) is 0 Å². The topological polar surface area (TPSA) is 88.3 Å². The van der Waals surface area contributed by atoms with Crippen LogP contribution in [0, 0.1) is 0 Å². The van der Waals surface area contributed by atoms with Gasteiger partial charge in [-0.15, -0.1) is 21.4 Å². The minimum Gasteiger partial charge on any atom is -0.508 e. The first-order valence-corrected chi connectivity index (χ1v) is 13.1. The number of aromatic hydroxyl groups is 3. The van der Waals surface area contributed by atoms with Gasteiger partial charge in [-0.1, -0.05) is 66.4 Å². The second-order valence-corrected chi connectivity index (χ2v) is 9.97. The molecule has 0 fully saturated rings. The molecule has 33 heavy (non-hydrogen) atoms. The highest BCUT2D eigenvalue weighted by Gasteiger charge is 2.17. The molecule has 0 aromatic heterocycles. The lowest BCUT2D eigenvalue weighted by Gasteiger charge is -2.25. The molecular weight excluding hydrogens is 474 g/mol. The van der Waals surface area contributed by atoms with Crippen molar-refractivity contribution in [2.75, 3.05) is 0 Å². The van der Waals surface area contributed by atoms with Crippen molar-refractivity contribution in [3.8, 4) is 17.2 Å². The summed E-state index contributed by atoms with van der Waals surface area (Å²) in [6.07, 6.45) is 1.96. The third kappa shape index (κ3) is 6.56. The Bertz CT molecular complexity index is 1170. The first kappa shape index (κ1) is 23.3. The van der Waals surface area contributed by atoms with Crippen LogP contribution in [0.4, 0.5) is 0 Å². The van der Waals surface area contributed by atoms with E-state index in [-0.39, 0.29) is 17.2 Å². The van der Waals surface area contributed by atoms with Crippen LogP contribution in [0.25, 0.3) is 0 Å². The minimum atomic E-state index is 0.254. The molecule has 3 aromatic rings. The van der Waals surface area contributed by atoms with E-state index < -0.39 is 0 Å². The molecule has 4 N–H and O–H groups in total. The molecule has 0 spiro atoms. The number of hydrazine groups is 1. The van der Waals surface area contributed by atoms with Crippen molar-refractivity contribution >= 4 is 40.5 Å². The molecule has 170 valence electrons. The van der Waals surface area contributed by atoms with Gasteiger partial charge in [0, 0.05) is 40.0 Å². The number of phenols is 3. The smallest absolute Gasteiger partial charge is 0.122 e. The number of hydrogen-bond acceptors (Lipinski definition) is 9. The second-order valence-electron chi connectivity index (χ2n) is 7.07. The van der Waals surface area contributed by atoms with Crippen LogP contribution in [-0.2, 0) is 17.3 Å². The summed E-state index contributed by atoms with van der Waals surface area (Å²) in [5, 5.41) is 36.5. The van der Waals surface area contributed by atoms with Gasteiger partial charge in [0.15, 0.2) is 0 Å². The predicted molar refractivity (Wildman–Crippen MR) is 139 cm³/mol. The Kier molecular flexibility index (Phi) is 7.98. The van der Waals surface area contributed by atoms with Crippen molar-refractivity contribution in [2.24, 2.45) is 5.10 Å². The Hall–Kier alpha value is -2.88. The van der Waals surface area contributed by atoms with Crippen molar-refractivity contribution in [1.29, 1.82) is 0 Å². The minimum absolute atomic E-state index is 0.254. The zero-order chi connectivity index (χ0) is 23.0. The van der Waals surface area contributed by atoms with E-state index in [4.69, 9.17) is 0 Å². The summed E-state index contributed by atoms with van der Waals surface area (Å²) in [6, 6.07) is 21.8. The van der Waals surface area contributed by atoms with Crippen LogP contribution in [-0.4, -0.2) is 24.9 Å². The van der Waals surface area contributed by atoms with E-state index in [0.29, 0.717) is 17.3 Å². The van der Waals surface area contributed by atoms with Gasteiger partial charge in [0.2, 0.25) is 0 Å². The predicted octanol–water partition coefficient (Wildman–Crippen LogP) is 5.79. The number of nitrogens with one attached hydrogen (secondary N) is 1. The summed E-state index contributed by atoms with van der Waals surface area (Å²) in [5.74, 6) is 2.51. The molecule has 1 heterocycles. The summed E-state index contributed by atoms with van der Waals surface area (Å²) < 4.78 is 1.69. The first-order valence-electron chi connectivity index (χ1n) is 10.1. The van der Waals surface area contributed by atoms with Gasteiger partial charge in [0.1, 0.15) is 22.3 Å². The zero-order valence-corrected chi connectivity index (χ0v) is 20.0. The lowest BCUT2D eigenvalue weighted by Crippen LogP contribution is -2.30. The summed E-state index contributed by atoms with van der Waals surface area (Å²) in [5.41, 5.74) is 5.79. The van der Waals surface area contributed by atoms with Gasteiger partial charge in [-0.25, -0.2) is 0 Å². The van der Waals surface area contributed by atoms with E-state index >= 15 is 0 Å². The van der Waals surface area contributed by atoms with E-state index in [1.54, 1.807) is 52.7 Å². The number of thioether (sulfide) groups is 2. The first-order chi connectivity index (χ1) is 16.1. The summed E-state index contributed by atoms with van der Waals surface area (Å²) in [4.78, 5) is 0. The number of para-hydroxylation sites is 3. The number of nitrogens with zero attached hydrogens (tertiary/aromatic N) is 2. The molecule has 0 atom stereocenters. The van der Waals surface area contributed by atoms with Crippen LogP contribution in [0.5, 0.6) is 17.2 Å². The van der Waals surface area contributed by atoms with E-state index in [1.807, 2.05) is 42.5 Å². The molecule has 6 nitrogen and oxygen atoms in total. The molecule has 3 aromatic carbocycles. The summed E-state index contributed by atoms with van der Waals surface area (Å²) >= 11 is 4.52. The lowest BCUT2D eigenvalue weighted by molar-refractivity contribution is 0.424. The highest BCUT2D eigenvalue weighted by molar-refractivity contribution is 8.13. The third-order valence-electron chi connectivity index (χ3n) is 4.73. The molecular formula is C24H23N3O3S3. The normalized spacial score (nSPS) is 13.3. The average molecular weight is 498 g/mol. The third-order valence-corrected chi connectivity index (χ3v) is 7.51. The Morgan fingerprint density at radius 3 is 1.70 bits per heavy atom. The van der Waals surface area contributed by atoms with E-state index in [2.05, 4.69) is 10.5 Å². The molecule has 0 bridgehead atoms. The van der Waals surface area contributed by atoms with Gasteiger partial charge < -0.3 is 15.3 Å². The van der Waals surface area contributed by atoms with Crippen molar-refractivity contribution in [2.45, 2.75) is 17.3 Å². The maximum absolute atomic E-state index is 10.1. The Morgan fingerprint density at radius 1 is 0.667 bits per heavy atom. The molecule has 0 unspecified atom stereocenters. The maximum Gasteiger partial charge on any atom is 0.122 e. The fourth-order valence-corrected chi connectivity index (χ4v) is 5.71. The number of hydrazone groups is 1. The SMILES string of the molecule is Oc1ccccc1CSC1=CC(SCc2ccccc2O)=NN(SCc2ccccc2O)N1. The van der Waals surface area contributed by atoms with Crippen LogP contribution >= 0.6 is 35.5 Å². The Balaban J connectivity index is 1.46. The standard InChI is InChI=1S/C24H23N3O3S3/c28-20-10-4-1-7-17(20)14-31-23-13-24(32-15-18-8-2-5-11-21(18)29)26-27(25-23)33-16-19-9-3-6-12-22(19)30/h1-13,25,28-30H,14-16H2. The summed E-state index contributed by atoms with van der Waals surface area (Å²) in [7, 11) is 0. The van der Waals surface area contributed by atoms with Crippen LogP contribution in [0.3, 0.4) is 0 Å². The quantitative estimate of drug-likeness (QED) is 0.291. The summed E-state index contributed by atoms with van der Waals surface area (Å²) in [6.45, 7) is 0. The molecule has 0 saturated carbocycles. The molecule has 1 aliphatic rings. The van der Waals surface area contributed by atoms with Crippen LogP contribution in [0.1, 0.15) is 16.7 Å². The number of hydrogen-bond donors (Lipinski definition) is 4. The highest BCUT2D eigenvalue weighted by atomic mass is 32.2. The molecule has 0 amide bonds. The van der Waals surface area contributed by atoms with Crippen LogP contribution in [0.15, 0.2) is 89.0 Å². The highest BCUT2D eigenvalue weighted by Crippen LogP contribution is 2.32. The second kappa shape index (κ2) is 11.3. The van der Waals surface area contributed by atoms with Crippen molar-refractivity contribution in [3.05, 3.63) is 101 Å². The fourth-order valence-electron chi connectivity index (χ4n) is 2.92. The lowest BCUT2D eigenvalue weighted by atomic mass is 10.2. The van der Waals surface area contributed by atoms with Crippen LogP contribution < -0.4 is 5.43 Å².